The molecule has 182 valence electrons. The average molecular weight is 516 g/mol. The summed E-state index contributed by atoms with van der Waals surface area (Å²) in [6.07, 6.45) is 0. The van der Waals surface area contributed by atoms with Crippen LogP contribution in [-0.2, 0) is 10.5 Å². The molecular formula is C29H26ClN3O2S. The Hall–Kier alpha value is -3.66. The SMILES string of the molecule is [C-]#[N+]C1=C(SCc2ccccc2C)NC(C)=C(C(=O)Nc2ccccc2OC)C1c1ccccc1Cl. The van der Waals surface area contributed by atoms with Crippen LogP contribution >= 0.6 is 23.4 Å². The summed E-state index contributed by atoms with van der Waals surface area (Å²) < 4.78 is 5.41. The number of carbonyl (C=O) groups is 1. The molecular weight excluding hydrogens is 490 g/mol. The van der Waals surface area contributed by atoms with Gasteiger partial charge in [-0.25, -0.2) is 4.85 Å². The fourth-order valence-electron chi connectivity index (χ4n) is 4.18. The van der Waals surface area contributed by atoms with E-state index < -0.39 is 5.92 Å². The van der Waals surface area contributed by atoms with Gasteiger partial charge in [-0.1, -0.05) is 66.2 Å². The second-order valence-corrected chi connectivity index (χ2v) is 9.71. The molecule has 1 amide bonds. The van der Waals surface area contributed by atoms with Crippen molar-refractivity contribution in [2.45, 2.75) is 25.5 Å². The van der Waals surface area contributed by atoms with Crippen LogP contribution in [0.1, 0.15) is 29.5 Å². The van der Waals surface area contributed by atoms with Gasteiger partial charge in [0.1, 0.15) is 5.75 Å². The van der Waals surface area contributed by atoms with Crippen molar-refractivity contribution in [1.29, 1.82) is 0 Å². The molecule has 36 heavy (non-hydrogen) atoms. The molecule has 0 saturated heterocycles. The zero-order chi connectivity index (χ0) is 25.7. The van der Waals surface area contributed by atoms with Crippen LogP contribution in [0.2, 0.25) is 5.02 Å². The van der Waals surface area contributed by atoms with E-state index in [-0.39, 0.29) is 5.91 Å². The summed E-state index contributed by atoms with van der Waals surface area (Å²) in [5.74, 6) is 0.307. The Bertz CT molecular complexity index is 1410. The van der Waals surface area contributed by atoms with Crippen molar-refractivity contribution in [2.75, 3.05) is 12.4 Å². The third-order valence-electron chi connectivity index (χ3n) is 6.07. The highest BCUT2D eigenvalue weighted by Crippen LogP contribution is 2.44. The minimum Gasteiger partial charge on any atom is -0.495 e. The molecule has 1 heterocycles. The molecule has 7 heteroatoms. The Balaban J connectivity index is 1.75. The number of methoxy groups -OCH3 is 1. The van der Waals surface area contributed by atoms with Crippen LogP contribution in [0.4, 0.5) is 5.69 Å². The molecule has 0 fully saturated rings. The number of ether oxygens (including phenoxy) is 1. The maximum atomic E-state index is 13.7. The van der Waals surface area contributed by atoms with Crippen molar-refractivity contribution < 1.29 is 9.53 Å². The predicted octanol–water partition coefficient (Wildman–Crippen LogP) is 7.28. The van der Waals surface area contributed by atoms with Gasteiger partial charge in [-0.05, 0) is 48.7 Å². The number of anilines is 1. The summed E-state index contributed by atoms with van der Waals surface area (Å²) in [6, 6.07) is 22.8. The van der Waals surface area contributed by atoms with E-state index in [4.69, 9.17) is 22.9 Å². The molecule has 0 aromatic heterocycles. The van der Waals surface area contributed by atoms with Crippen LogP contribution in [0.3, 0.4) is 0 Å². The first-order chi connectivity index (χ1) is 17.4. The van der Waals surface area contributed by atoms with Crippen LogP contribution in [-0.4, -0.2) is 13.0 Å². The van der Waals surface area contributed by atoms with Crippen LogP contribution in [0.25, 0.3) is 4.85 Å². The number of nitrogens with one attached hydrogen (secondary N) is 2. The molecule has 3 aromatic carbocycles. The fourth-order valence-corrected chi connectivity index (χ4v) is 5.59. The van der Waals surface area contributed by atoms with Crippen molar-refractivity contribution in [3.63, 3.8) is 0 Å². The topological polar surface area (TPSA) is 54.7 Å². The van der Waals surface area contributed by atoms with E-state index in [1.54, 1.807) is 37.1 Å². The van der Waals surface area contributed by atoms with Gasteiger partial charge in [0, 0.05) is 22.0 Å². The highest BCUT2D eigenvalue weighted by Gasteiger charge is 2.36. The fraction of sp³-hybridized carbons (Fsp3) is 0.172. The zero-order valence-corrected chi connectivity index (χ0v) is 21.8. The predicted molar refractivity (Wildman–Crippen MR) is 148 cm³/mol. The first-order valence-corrected chi connectivity index (χ1v) is 12.8. The number of thioether (sulfide) groups is 1. The Morgan fingerprint density at radius 1 is 1.08 bits per heavy atom. The van der Waals surface area contributed by atoms with E-state index in [0.717, 1.165) is 5.03 Å². The number of aryl methyl sites for hydroxylation is 1. The number of hydrogen-bond acceptors (Lipinski definition) is 4. The Morgan fingerprint density at radius 3 is 2.50 bits per heavy atom. The van der Waals surface area contributed by atoms with Crippen LogP contribution in [0.15, 0.2) is 94.8 Å². The summed E-state index contributed by atoms with van der Waals surface area (Å²) in [5, 5.41) is 7.54. The lowest BCUT2D eigenvalue weighted by molar-refractivity contribution is -0.113. The lowest BCUT2D eigenvalue weighted by Crippen LogP contribution is -2.30. The van der Waals surface area contributed by atoms with Crippen molar-refractivity contribution >= 4 is 35.0 Å². The Labute approximate surface area is 221 Å². The van der Waals surface area contributed by atoms with E-state index in [2.05, 4.69) is 34.5 Å². The number of amides is 1. The van der Waals surface area contributed by atoms with Gasteiger partial charge in [-0.2, -0.15) is 0 Å². The largest absolute Gasteiger partial charge is 0.495 e. The van der Waals surface area contributed by atoms with Crippen molar-refractivity contribution in [2.24, 2.45) is 0 Å². The normalized spacial score (nSPS) is 15.2. The molecule has 1 atom stereocenters. The molecule has 0 spiro atoms. The number of rotatable bonds is 7. The molecule has 1 aliphatic rings. The lowest BCUT2D eigenvalue weighted by Gasteiger charge is -2.30. The highest BCUT2D eigenvalue weighted by atomic mass is 35.5. The van der Waals surface area contributed by atoms with Crippen molar-refractivity contribution in [3.8, 4) is 5.75 Å². The molecule has 0 saturated carbocycles. The smallest absolute Gasteiger partial charge is 0.253 e. The zero-order valence-electron chi connectivity index (χ0n) is 20.3. The van der Waals surface area contributed by atoms with Gasteiger partial charge in [0.05, 0.1) is 30.3 Å². The Kier molecular flexibility index (Phi) is 8.04. The van der Waals surface area contributed by atoms with Gasteiger partial charge in [0.25, 0.3) is 5.91 Å². The van der Waals surface area contributed by atoms with Gasteiger partial charge in [-0.3, -0.25) is 4.79 Å². The number of halogens is 1. The first-order valence-electron chi connectivity index (χ1n) is 11.4. The van der Waals surface area contributed by atoms with Gasteiger partial charge in [0.15, 0.2) is 0 Å². The molecule has 3 aromatic rings. The molecule has 0 bridgehead atoms. The molecule has 2 N–H and O–H groups in total. The van der Waals surface area contributed by atoms with E-state index in [0.29, 0.717) is 44.7 Å². The quantitative estimate of drug-likeness (QED) is 0.325. The number of benzene rings is 3. The molecule has 1 aliphatic heterocycles. The highest BCUT2D eigenvalue weighted by molar-refractivity contribution is 8.02. The number of para-hydroxylation sites is 2. The molecule has 4 rings (SSSR count). The van der Waals surface area contributed by atoms with Gasteiger partial charge in [0.2, 0.25) is 5.70 Å². The maximum absolute atomic E-state index is 13.7. The van der Waals surface area contributed by atoms with E-state index in [9.17, 15) is 4.79 Å². The summed E-state index contributed by atoms with van der Waals surface area (Å²) in [5.41, 5.74) is 5.21. The van der Waals surface area contributed by atoms with Crippen LogP contribution < -0.4 is 15.4 Å². The maximum Gasteiger partial charge on any atom is 0.253 e. The second kappa shape index (κ2) is 11.4. The summed E-state index contributed by atoms with van der Waals surface area (Å²) in [4.78, 5) is 17.6. The number of nitrogens with zero attached hydrogens (tertiary/aromatic N) is 1. The second-order valence-electron chi connectivity index (χ2n) is 8.31. The molecule has 0 aliphatic carbocycles. The van der Waals surface area contributed by atoms with Crippen LogP contribution in [0.5, 0.6) is 5.75 Å². The molecule has 0 radical (unpaired) electrons. The standard InChI is InChI=1S/C29H26ClN3O2S/c1-18-11-5-6-12-20(18)17-36-29-27(31-3)26(21-13-7-8-14-22(21)30)25(19(2)32-29)28(34)33-23-15-9-10-16-24(23)35-4/h5-16,26,32H,17H2,1-2,4H3,(H,33,34). The van der Waals surface area contributed by atoms with Crippen LogP contribution in [0, 0.1) is 13.5 Å². The summed E-state index contributed by atoms with van der Waals surface area (Å²) in [6.45, 7) is 12.0. The monoisotopic (exact) mass is 515 g/mol. The number of dihydropyridines is 1. The first kappa shape index (κ1) is 25.4. The molecule has 1 unspecified atom stereocenters. The van der Waals surface area contributed by atoms with E-state index in [1.807, 2.05) is 49.4 Å². The summed E-state index contributed by atoms with van der Waals surface area (Å²) in [7, 11) is 1.56. The Morgan fingerprint density at radius 2 is 1.78 bits per heavy atom. The van der Waals surface area contributed by atoms with E-state index in [1.165, 1.54) is 11.1 Å². The van der Waals surface area contributed by atoms with Gasteiger partial charge >= 0.3 is 0 Å². The number of hydrogen-bond donors (Lipinski definition) is 2. The van der Waals surface area contributed by atoms with Gasteiger partial charge < -0.3 is 15.4 Å². The third-order valence-corrected chi connectivity index (χ3v) is 7.47. The van der Waals surface area contributed by atoms with Gasteiger partial charge in [-0.15, -0.1) is 11.8 Å². The summed E-state index contributed by atoms with van der Waals surface area (Å²) >= 11 is 8.17. The van der Waals surface area contributed by atoms with Crippen molar-refractivity contribution in [1.82, 2.24) is 5.32 Å². The minimum absolute atomic E-state index is 0.321. The lowest BCUT2D eigenvalue weighted by atomic mass is 9.85. The molecule has 5 nitrogen and oxygen atoms in total. The minimum atomic E-state index is -0.619. The van der Waals surface area contributed by atoms with Crippen molar-refractivity contribution in [3.05, 3.63) is 128 Å². The average Bonchev–Trinajstić information content (AvgIpc) is 2.88. The number of allylic oxidation sites excluding steroid dienone is 2. The van der Waals surface area contributed by atoms with E-state index >= 15 is 0 Å². The third kappa shape index (κ3) is 5.28. The number of carbonyl (C=O) groups excluding carboxylic acids is 1.